The second-order valence-corrected chi connectivity index (χ2v) is 4.64. The van der Waals surface area contributed by atoms with Gasteiger partial charge in [0.2, 0.25) is 0 Å². The molecule has 4 N–H and O–H groups in total. The fourth-order valence-corrected chi connectivity index (χ4v) is 1.88. The number of amides is 1. The smallest absolute Gasteiger partial charge is 0.269 e. The summed E-state index contributed by atoms with van der Waals surface area (Å²) >= 11 is 0. The summed E-state index contributed by atoms with van der Waals surface area (Å²) in [5.74, 6) is -0.155. The number of aromatic nitrogens is 3. The topological polar surface area (TPSA) is 96.7 Å². The van der Waals surface area contributed by atoms with Gasteiger partial charge in [-0.1, -0.05) is 6.07 Å². The van der Waals surface area contributed by atoms with Crippen molar-refractivity contribution in [1.82, 2.24) is 20.5 Å². The van der Waals surface area contributed by atoms with Crippen molar-refractivity contribution in [1.29, 1.82) is 0 Å². The predicted molar refractivity (Wildman–Crippen MR) is 76.1 cm³/mol. The maximum Gasteiger partial charge on any atom is 0.269 e. The van der Waals surface area contributed by atoms with E-state index in [-0.39, 0.29) is 5.91 Å². The average molecular weight is 273 g/mol. The van der Waals surface area contributed by atoms with Gasteiger partial charge in [-0.15, -0.1) is 0 Å². The fourth-order valence-electron chi connectivity index (χ4n) is 1.88. The summed E-state index contributed by atoms with van der Waals surface area (Å²) in [7, 11) is 0. The van der Waals surface area contributed by atoms with Crippen LogP contribution in [0.5, 0.6) is 0 Å². The van der Waals surface area contributed by atoms with Gasteiger partial charge in [-0.3, -0.25) is 14.9 Å². The van der Waals surface area contributed by atoms with E-state index in [1.807, 2.05) is 19.2 Å². The first-order chi connectivity index (χ1) is 9.70. The van der Waals surface area contributed by atoms with Crippen LogP contribution in [0.1, 0.15) is 33.7 Å². The van der Waals surface area contributed by atoms with Crippen LogP contribution < -0.4 is 11.1 Å². The molecule has 106 valence electrons. The van der Waals surface area contributed by atoms with E-state index < -0.39 is 0 Å². The zero-order valence-corrected chi connectivity index (χ0v) is 11.5. The highest BCUT2D eigenvalue weighted by molar-refractivity contribution is 5.92. The minimum atomic E-state index is -0.155. The van der Waals surface area contributed by atoms with E-state index in [9.17, 15) is 4.79 Å². The molecule has 2 rings (SSSR count). The molecule has 0 saturated carbocycles. The van der Waals surface area contributed by atoms with Crippen molar-refractivity contribution >= 4 is 5.91 Å². The summed E-state index contributed by atoms with van der Waals surface area (Å²) in [6.45, 7) is 3.03. The molecule has 2 heterocycles. The van der Waals surface area contributed by atoms with E-state index in [0.717, 1.165) is 24.1 Å². The molecule has 0 fully saturated rings. The monoisotopic (exact) mass is 273 g/mol. The molecule has 0 bridgehead atoms. The molecule has 2 aromatic rings. The summed E-state index contributed by atoms with van der Waals surface area (Å²) in [5, 5.41) is 9.72. The Kier molecular flexibility index (Phi) is 4.84. The van der Waals surface area contributed by atoms with Gasteiger partial charge in [0.05, 0.1) is 6.20 Å². The number of nitrogens with one attached hydrogen (secondary N) is 2. The van der Waals surface area contributed by atoms with Gasteiger partial charge in [0.1, 0.15) is 5.69 Å². The van der Waals surface area contributed by atoms with Gasteiger partial charge in [0, 0.05) is 25.0 Å². The molecule has 0 atom stereocenters. The number of aryl methyl sites for hydroxylation is 2. The number of pyridine rings is 1. The average Bonchev–Trinajstić information content (AvgIpc) is 2.89. The van der Waals surface area contributed by atoms with Crippen molar-refractivity contribution in [2.75, 3.05) is 6.54 Å². The van der Waals surface area contributed by atoms with Crippen molar-refractivity contribution in [2.24, 2.45) is 5.73 Å². The van der Waals surface area contributed by atoms with Crippen molar-refractivity contribution in [3.05, 3.63) is 47.0 Å². The van der Waals surface area contributed by atoms with E-state index in [4.69, 9.17) is 5.73 Å². The Morgan fingerprint density at radius 3 is 2.85 bits per heavy atom. The predicted octanol–water partition coefficient (Wildman–Crippen LogP) is 0.934. The Morgan fingerprint density at radius 2 is 2.25 bits per heavy atom. The van der Waals surface area contributed by atoms with Crippen molar-refractivity contribution in [3.8, 4) is 0 Å². The maximum atomic E-state index is 11.8. The Labute approximate surface area is 117 Å². The number of carbonyl (C=O) groups excluding carboxylic acids is 1. The fraction of sp³-hybridized carbons (Fsp3) is 0.357. The standard InChI is InChI=1S/C14H19N5O/c1-10-12(9-18-19-10)3-2-6-16-14(20)13-5-4-11(7-15)8-17-13/h4-5,8-9H,2-3,6-7,15H2,1H3,(H,16,20)(H,18,19). The molecular formula is C14H19N5O. The molecule has 0 spiro atoms. The van der Waals surface area contributed by atoms with Gasteiger partial charge in [-0.2, -0.15) is 5.10 Å². The molecule has 0 aromatic carbocycles. The summed E-state index contributed by atoms with van der Waals surface area (Å²) in [6.07, 6.45) is 5.21. The summed E-state index contributed by atoms with van der Waals surface area (Å²) in [4.78, 5) is 15.9. The first kappa shape index (κ1) is 14.2. The van der Waals surface area contributed by atoms with Crippen LogP contribution >= 0.6 is 0 Å². The van der Waals surface area contributed by atoms with Gasteiger partial charge in [-0.05, 0) is 37.0 Å². The molecule has 0 radical (unpaired) electrons. The number of carbonyl (C=O) groups is 1. The Balaban J connectivity index is 1.76. The largest absolute Gasteiger partial charge is 0.351 e. The molecule has 0 aliphatic rings. The first-order valence-electron chi connectivity index (χ1n) is 6.62. The second kappa shape index (κ2) is 6.81. The maximum absolute atomic E-state index is 11.8. The van der Waals surface area contributed by atoms with Crippen LogP contribution in [0, 0.1) is 6.92 Å². The van der Waals surface area contributed by atoms with Crippen LogP contribution in [-0.2, 0) is 13.0 Å². The van der Waals surface area contributed by atoms with Crippen LogP contribution in [0.2, 0.25) is 0 Å². The molecule has 0 saturated heterocycles. The third kappa shape index (κ3) is 3.64. The molecule has 6 nitrogen and oxygen atoms in total. The van der Waals surface area contributed by atoms with Gasteiger partial charge >= 0.3 is 0 Å². The van der Waals surface area contributed by atoms with Crippen LogP contribution in [0.15, 0.2) is 24.5 Å². The second-order valence-electron chi connectivity index (χ2n) is 4.64. The van der Waals surface area contributed by atoms with Gasteiger partial charge < -0.3 is 11.1 Å². The van der Waals surface area contributed by atoms with Crippen LogP contribution in [0.25, 0.3) is 0 Å². The quantitative estimate of drug-likeness (QED) is 0.682. The van der Waals surface area contributed by atoms with Crippen molar-refractivity contribution in [2.45, 2.75) is 26.3 Å². The minimum Gasteiger partial charge on any atom is -0.351 e. The molecule has 0 aliphatic carbocycles. The number of nitrogens with zero attached hydrogens (tertiary/aromatic N) is 2. The summed E-state index contributed by atoms with van der Waals surface area (Å²) in [5.41, 5.74) is 9.08. The normalized spacial score (nSPS) is 10.5. The molecule has 1 amide bonds. The lowest BCUT2D eigenvalue weighted by Gasteiger charge is -2.05. The molecule has 20 heavy (non-hydrogen) atoms. The SMILES string of the molecule is Cc1[nH]ncc1CCCNC(=O)c1ccc(CN)cn1. The zero-order valence-electron chi connectivity index (χ0n) is 11.5. The Bertz CT molecular complexity index is 561. The molecule has 0 aliphatic heterocycles. The minimum absolute atomic E-state index is 0.155. The van der Waals surface area contributed by atoms with Gasteiger partial charge in [0.25, 0.3) is 5.91 Å². The zero-order chi connectivity index (χ0) is 14.4. The first-order valence-corrected chi connectivity index (χ1v) is 6.62. The van der Waals surface area contributed by atoms with E-state index in [0.29, 0.717) is 18.8 Å². The van der Waals surface area contributed by atoms with Gasteiger partial charge in [0.15, 0.2) is 0 Å². The van der Waals surface area contributed by atoms with Crippen molar-refractivity contribution < 1.29 is 4.79 Å². The number of hydrogen-bond donors (Lipinski definition) is 3. The molecule has 0 unspecified atom stereocenters. The number of nitrogens with two attached hydrogens (primary N) is 1. The molecule has 6 heteroatoms. The number of aromatic amines is 1. The number of hydrogen-bond acceptors (Lipinski definition) is 4. The number of rotatable bonds is 6. The lowest BCUT2D eigenvalue weighted by Crippen LogP contribution is -2.25. The van der Waals surface area contributed by atoms with E-state index >= 15 is 0 Å². The highest BCUT2D eigenvalue weighted by atomic mass is 16.1. The highest BCUT2D eigenvalue weighted by Crippen LogP contribution is 2.05. The molecular weight excluding hydrogens is 254 g/mol. The van der Waals surface area contributed by atoms with Crippen LogP contribution in [0.4, 0.5) is 0 Å². The summed E-state index contributed by atoms with van der Waals surface area (Å²) < 4.78 is 0. The van der Waals surface area contributed by atoms with Crippen LogP contribution in [-0.4, -0.2) is 27.6 Å². The van der Waals surface area contributed by atoms with E-state index in [2.05, 4.69) is 20.5 Å². The van der Waals surface area contributed by atoms with E-state index in [1.165, 1.54) is 5.56 Å². The molecule has 2 aromatic heterocycles. The highest BCUT2D eigenvalue weighted by Gasteiger charge is 2.06. The van der Waals surface area contributed by atoms with Gasteiger partial charge in [-0.25, -0.2) is 0 Å². The Morgan fingerprint density at radius 1 is 1.40 bits per heavy atom. The third-order valence-electron chi connectivity index (χ3n) is 3.14. The lowest BCUT2D eigenvalue weighted by atomic mass is 10.1. The van der Waals surface area contributed by atoms with E-state index in [1.54, 1.807) is 12.3 Å². The number of H-pyrrole nitrogens is 1. The van der Waals surface area contributed by atoms with Crippen LogP contribution in [0.3, 0.4) is 0 Å². The third-order valence-corrected chi connectivity index (χ3v) is 3.14. The summed E-state index contributed by atoms with van der Waals surface area (Å²) in [6, 6.07) is 3.51. The Hall–Kier alpha value is -2.21. The van der Waals surface area contributed by atoms with Crippen molar-refractivity contribution in [3.63, 3.8) is 0 Å². The lowest BCUT2D eigenvalue weighted by molar-refractivity contribution is 0.0948.